The van der Waals surface area contributed by atoms with Gasteiger partial charge in [0, 0.05) is 21.2 Å². The first-order valence-corrected chi connectivity index (χ1v) is 7.43. The third-order valence-electron chi connectivity index (χ3n) is 3.21. The number of nitrogens with one attached hydrogen (secondary N) is 1. The zero-order valence-electron chi connectivity index (χ0n) is 11.3. The zero-order chi connectivity index (χ0) is 14.0. The van der Waals surface area contributed by atoms with E-state index in [2.05, 4.69) is 60.2 Å². The lowest BCUT2D eigenvalue weighted by molar-refractivity contribution is 0.880. The Morgan fingerprint density at radius 1 is 1.11 bits per heavy atom. The third kappa shape index (κ3) is 3.52. The molecule has 1 unspecified atom stereocenters. The molecule has 1 atom stereocenters. The van der Waals surface area contributed by atoms with Crippen molar-refractivity contribution in [2.24, 2.45) is 0 Å². The van der Waals surface area contributed by atoms with Gasteiger partial charge in [0.25, 0.3) is 0 Å². The highest BCUT2D eigenvalue weighted by Gasteiger charge is 2.10. The summed E-state index contributed by atoms with van der Waals surface area (Å²) in [5.74, 6) is 0. The highest BCUT2D eigenvalue weighted by Crippen LogP contribution is 2.29. The van der Waals surface area contributed by atoms with Crippen LogP contribution in [0.3, 0.4) is 0 Å². The van der Waals surface area contributed by atoms with Crippen molar-refractivity contribution in [3.05, 3.63) is 62.6 Å². The summed E-state index contributed by atoms with van der Waals surface area (Å²) in [6, 6.07) is 12.4. The van der Waals surface area contributed by atoms with Crippen LogP contribution in [0.1, 0.15) is 29.7 Å². The van der Waals surface area contributed by atoms with Gasteiger partial charge in [-0.05, 0) is 61.7 Å². The van der Waals surface area contributed by atoms with E-state index in [1.165, 1.54) is 22.4 Å². The Kier molecular flexibility index (Phi) is 4.54. The largest absolute Gasteiger partial charge is 0.378 e. The second-order valence-corrected chi connectivity index (χ2v) is 6.19. The van der Waals surface area contributed by atoms with E-state index >= 15 is 0 Å². The van der Waals surface area contributed by atoms with Crippen molar-refractivity contribution in [1.29, 1.82) is 0 Å². The average Bonchev–Trinajstić information content (AvgIpc) is 2.33. The summed E-state index contributed by atoms with van der Waals surface area (Å²) in [6.07, 6.45) is 0. The Morgan fingerprint density at radius 3 is 2.32 bits per heavy atom. The summed E-state index contributed by atoms with van der Waals surface area (Å²) in [5, 5.41) is 4.34. The molecule has 2 rings (SSSR count). The fourth-order valence-electron chi connectivity index (χ4n) is 2.21. The molecule has 0 amide bonds. The Morgan fingerprint density at radius 2 is 1.74 bits per heavy atom. The van der Waals surface area contributed by atoms with Gasteiger partial charge in [-0.3, -0.25) is 0 Å². The highest BCUT2D eigenvalue weighted by molar-refractivity contribution is 9.10. The van der Waals surface area contributed by atoms with Crippen LogP contribution in [0.15, 0.2) is 40.9 Å². The van der Waals surface area contributed by atoms with Gasteiger partial charge in [0.15, 0.2) is 0 Å². The van der Waals surface area contributed by atoms with Crippen molar-refractivity contribution < 1.29 is 0 Å². The number of aryl methyl sites for hydroxylation is 2. The van der Waals surface area contributed by atoms with Crippen LogP contribution in [0.5, 0.6) is 0 Å². The molecule has 3 heteroatoms. The molecule has 0 radical (unpaired) electrons. The summed E-state index contributed by atoms with van der Waals surface area (Å²) in [4.78, 5) is 0. The number of hydrogen-bond acceptors (Lipinski definition) is 1. The first-order chi connectivity index (χ1) is 8.97. The maximum absolute atomic E-state index is 6.04. The molecule has 0 saturated heterocycles. The van der Waals surface area contributed by atoms with Crippen molar-refractivity contribution in [1.82, 2.24) is 0 Å². The molecule has 19 heavy (non-hydrogen) atoms. The minimum absolute atomic E-state index is 0.220. The first kappa shape index (κ1) is 14.4. The van der Waals surface area contributed by atoms with Crippen LogP contribution >= 0.6 is 27.5 Å². The lowest BCUT2D eigenvalue weighted by Gasteiger charge is -2.20. The summed E-state index contributed by atoms with van der Waals surface area (Å²) < 4.78 is 1.11. The summed E-state index contributed by atoms with van der Waals surface area (Å²) in [6.45, 7) is 6.38. The molecule has 0 aliphatic carbocycles. The molecule has 2 aromatic rings. The van der Waals surface area contributed by atoms with Crippen molar-refractivity contribution in [3.63, 3.8) is 0 Å². The molecule has 2 aromatic carbocycles. The van der Waals surface area contributed by atoms with Gasteiger partial charge in [-0.25, -0.2) is 0 Å². The zero-order valence-corrected chi connectivity index (χ0v) is 13.6. The topological polar surface area (TPSA) is 12.0 Å². The second-order valence-electron chi connectivity index (χ2n) is 4.84. The Labute approximate surface area is 128 Å². The number of rotatable bonds is 3. The van der Waals surface area contributed by atoms with Crippen LogP contribution in [0.25, 0.3) is 0 Å². The molecule has 0 bridgehead atoms. The predicted molar refractivity (Wildman–Crippen MR) is 87.1 cm³/mol. The molecular formula is C16H17BrClN. The fraction of sp³-hybridized carbons (Fsp3) is 0.250. The Balaban J connectivity index is 2.26. The molecule has 0 spiro atoms. The normalized spacial score (nSPS) is 12.3. The van der Waals surface area contributed by atoms with E-state index in [9.17, 15) is 0 Å². The predicted octanol–water partition coefficient (Wildman–Crippen LogP) is 5.89. The molecule has 0 aliphatic heterocycles. The van der Waals surface area contributed by atoms with Crippen LogP contribution in [0.4, 0.5) is 5.69 Å². The smallest absolute Gasteiger partial charge is 0.0486 e. The number of hydrogen-bond donors (Lipinski definition) is 1. The highest BCUT2D eigenvalue weighted by atomic mass is 79.9. The molecule has 0 fully saturated rings. The lowest BCUT2D eigenvalue weighted by atomic mass is 10.1. The van der Waals surface area contributed by atoms with Crippen molar-refractivity contribution >= 4 is 33.2 Å². The van der Waals surface area contributed by atoms with E-state index < -0.39 is 0 Å². The quantitative estimate of drug-likeness (QED) is 0.735. The lowest BCUT2D eigenvalue weighted by Crippen LogP contribution is -2.09. The van der Waals surface area contributed by atoms with Gasteiger partial charge < -0.3 is 5.32 Å². The van der Waals surface area contributed by atoms with Gasteiger partial charge in [-0.15, -0.1) is 0 Å². The molecule has 0 aliphatic rings. The maximum Gasteiger partial charge on any atom is 0.0486 e. The van der Waals surface area contributed by atoms with E-state index in [1.54, 1.807) is 0 Å². The van der Waals surface area contributed by atoms with Crippen LogP contribution in [-0.4, -0.2) is 0 Å². The molecule has 100 valence electrons. The Hall–Kier alpha value is -0.990. The number of benzene rings is 2. The van der Waals surface area contributed by atoms with E-state index in [-0.39, 0.29) is 6.04 Å². The van der Waals surface area contributed by atoms with E-state index in [1.807, 2.05) is 18.2 Å². The van der Waals surface area contributed by atoms with Gasteiger partial charge in [0.05, 0.1) is 0 Å². The third-order valence-corrected chi connectivity index (χ3v) is 3.90. The van der Waals surface area contributed by atoms with Crippen LogP contribution in [0.2, 0.25) is 5.02 Å². The first-order valence-electron chi connectivity index (χ1n) is 6.26. The van der Waals surface area contributed by atoms with Crippen LogP contribution < -0.4 is 5.32 Å². The van der Waals surface area contributed by atoms with Crippen LogP contribution in [-0.2, 0) is 0 Å². The van der Waals surface area contributed by atoms with Crippen molar-refractivity contribution in [2.45, 2.75) is 26.8 Å². The number of anilines is 1. The standard InChI is InChI=1S/C16H17BrClN/c1-10-7-14(17)8-11(2)16(10)19-12(3)13-5-4-6-15(18)9-13/h4-9,12,19H,1-3H3. The molecule has 0 heterocycles. The fourth-order valence-corrected chi connectivity index (χ4v) is 3.10. The molecule has 0 aromatic heterocycles. The van der Waals surface area contributed by atoms with Gasteiger partial charge in [-0.2, -0.15) is 0 Å². The second kappa shape index (κ2) is 5.98. The minimum atomic E-state index is 0.220. The summed E-state index contributed by atoms with van der Waals surface area (Å²) >= 11 is 9.56. The molecule has 1 nitrogen and oxygen atoms in total. The van der Waals surface area contributed by atoms with Gasteiger partial charge >= 0.3 is 0 Å². The van der Waals surface area contributed by atoms with Crippen molar-refractivity contribution in [3.8, 4) is 0 Å². The monoisotopic (exact) mass is 337 g/mol. The van der Waals surface area contributed by atoms with E-state index in [0.717, 1.165) is 9.50 Å². The van der Waals surface area contributed by atoms with Gasteiger partial charge in [-0.1, -0.05) is 39.7 Å². The molecule has 1 N–H and O–H groups in total. The minimum Gasteiger partial charge on any atom is -0.378 e. The van der Waals surface area contributed by atoms with Gasteiger partial charge in [0.2, 0.25) is 0 Å². The molecular weight excluding hydrogens is 322 g/mol. The Bertz CT molecular complexity index is 572. The van der Waals surface area contributed by atoms with Gasteiger partial charge in [0.1, 0.15) is 0 Å². The SMILES string of the molecule is Cc1cc(Br)cc(C)c1NC(C)c1cccc(Cl)c1. The number of halogens is 2. The van der Waals surface area contributed by atoms with Crippen LogP contribution in [0, 0.1) is 13.8 Å². The average molecular weight is 339 g/mol. The summed E-state index contributed by atoms with van der Waals surface area (Å²) in [7, 11) is 0. The maximum atomic E-state index is 6.04. The molecule has 0 saturated carbocycles. The van der Waals surface area contributed by atoms with E-state index in [0.29, 0.717) is 0 Å². The van der Waals surface area contributed by atoms with Crippen molar-refractivity contribution in [2.75, 3.05) is 5.32 Å². The summed E-state index contributed by atoms with van der Waals surface area (Å²) in [5.41, 5.74) is 4.85. The van der Waals surface area contributed by atoms with E-state index in [4.69, 9.17) is 11.6 Å².